The Hall–Kier alpha value is -1.26. The van der Waals surface area contributed by atoms with E-state index in [-0.39, 0.29) is 19.1 Å². The Balaban J connectivity index is 1.94. The van der Waals surface area contributed by atoms with Crippen LogP contribution in [-0.4, -0.2) is 35.6 Å². The van der Waals surface area contributed by atoms with E-state index in [9.17, 15) is 9.90 Å². The number of carbonyl (C=O) groups excluding carboxylic acids is 1. The molecule has 19 heavy (non-hydrogen) atoms. The number of likely N-dealkylation sites (tertiary alicyclic amines) is 1. The van der Waals surface area contributed by atoms with Crippen LogP contribution >= 0.6 is 11.6 Å². The van der Waals surface area contributed by atoms with Crippen molar-refractivity contribution in [3.63, 3.8) is 0 Å². The molecule has 1 aromatic carbocycles. The molecule has 1 saturated heterocycles. The first-order chi connectivity index (χ1) is 9.22. The van der Waals surface area contributed by atoms with Crippen LogP contribution in [-0.2, 0) is 11.4 Å². The summed E-state index contributed by atoms with van der Waals surface area (Å²) in [5.41, 5.74) is 0.524. The fourth-order valence-electron chi connectivity index (χ4n) is 2.20. The van der Waals surface area contributed by atoms with Crippen LogP contribution in [0.5, 0.6) is 5.75 Å². The van der Waals surface area contributed by atoms with Crippen molar-refractivity contribution >= 4 is 17.5 Å². The number of benzene rings is 1. The van der Waals surface area contributed by atoms with Crippen molar-refractivity contribution in [3.05, 3.63) is 28.8 Å². The van der Waals surface area contributed by atoms with Crippen molar-refractivity contribution in [2.45, 2.75) is 25.9 Å². The third-order valence-corrected chi connectivity index (χ3v) is 3.65. The van der Waals surface area contributed by atoms with Crippen LogP contribution in [0.25, 0.3) is 0 Å². The molecule has 1 heterocycles. The molecule has 104 valence electrons. The van der Waals surface area contributed by atoms with Crippen molar-refractivity contribution in [3.8, 4) is 5.75 Å². The fraction of sp³-hybridized carbons (Fsp3) is 0.500. The standard InChI is InChI=1S/C14H18ClNO3/c15-12-5-4-6-13(11(12)9-17)19-10-14(18)16-7-2-1-3-8-16/h4-6,17H,1-3,7-10H2. The molecular formula is C14H18ClNO3. The van der Waals surface area contributed by atoms with E-state index in [0.717, 1.165) is 25.9 Å². The van der Waals surface area contributed by atoms with E-state index in [0.29, 0.717) is 16.3 Å². The Morgan fingerprint density at radius 1 is 1.32 bits per heavy atom. The van der Waals surface area contributed by atoms with Crippen molar-refractivity contribution in [2.75, 3.05) is 19.7 Å². The van der Waals surface area contributed by atoms with E-state index in [1.54, 1.807) is 18.2 Å². The molecule has 0 atom stereocenters. The minimum Gasteiger partial charge on any atom is -0.483 e. The largest absolute Gasteiger partial charge is 0.483 e. The zero-order valence-electron chi connectivity index (χ0n) is 10.8. The van der Waals surface area contributed by atoms with Gasteiger partial charge in [-0.2, -0.15) is 0 Å². The first-order valence-electron chi connectivity index (χ1n) is 6.51. The molecule has 1 aromatic rings. The molecule has 0 aliphatic carbocycles. The van der Waals surface area contributed by atoms with Crippen LogP contribution in [0.3, 0.4) is 0 Å². The highest BCUT2D eigenvalue weighted by molar-refractivity contribution is 6.31. The highest BCUT2D eigenvalue weighted by Gasteiger charge is 2.17. The monoisotopic (exact) mass is 283 g/mol. The molecule has 1 aliphatic heterocycles. The Labute approximate surface area is 117 Å². The van der Waals surface area contributed by atoms with Crippen LogP contribution in [0.2, 0.25) is 5.02 Å². The number of aliphatic hydroxyl groups excluding tert-OH is 1. The quantitative estimate of drug-likeness (QED) is 0.922. The van der Waals surface area contributed by atoms with Gasteiger partial charge in [0.15, 0.2) is 6.61 Å². The number of amides is 1. The molecule has 1 amide bonds. The maximum Gasteiger partial charge on any atom is 0.260 e. The second-order valence-electron chi connectivity index (χ2n) is 4.60. The van der Waals surface area contributed by atoms with Gasteiger partial charge in [-0.15, -0.1) is 0 Å². The zero-order chi connectivity index (χ0) is 13.7. The summed E-state index contributed by atoms with van der Waals surface area (Å²) in [4.78, 5) is 13.8. The van der Waals surface area contributed by atoms with Gasteiger partial charge in [0.25, 0.3) is 5.91 Å². The highest BCUT2D eigenvalue weighted by atomic mass is 35.5. The lowest BCUT2D eigenvalue weighted by molar-refractivity contribution is -0.134. The molecule has 4 nitrogen and oxygen atoms in total. The minimum atomic E-state index is -0.201. The van der Waals surface area contributed by atoms with E-state index in [1.807, 2.05) is 4.90 Å². The third-order valence-electron chi connectivity index (χ3n) is 3.29. The Morgan fingerprint density at radius 2 is 2.05 bits per heavy atom. The van der Waals surface area contributed by atoms with Crippen LogP contribution < -0.4 is 4.74 Å². The van der Waals surface area contributed by atoms with Gasteiger partial charge < -0.3 is 14.7 Å². The number of carbonyl (C=O) groups is 1. The average molecular weight is 284 g/mol. The second kappa shape index (κ2) is 6.78. The summed E-state index contributed by atoms with van der Waals surface area (Å²) < 4.78 is 5.49. The molecule has 2 rings (SSSR count). The average Bonchev–Trinajstić information content (AvgIpc) is 2.45. The van der Waals surface area contributed by atoms with Crippen molar-refractivity contribution < 1.29 is 14.6 Å². The van der Waals surface area contributed by atoms with Gasteiger partial charge >= 0.3 is 0 Å². The third kappa shape index (κ3) is 3.61. The Kier molecular flexibility index (Phi) is 5.05. The van der Waals surface area contributed by atoms with Gasteiger partial charge in [-0.1, -0.05) is 17.7 Å². The topological polar surface area (TPSA) is 49.8 Å². The van der Waals surface area contributed by atoms with E-state index < -0.39 is 0 Å². The van der Waals surface area contributed by atoms with Crippen LogP contribution in [0, 0.1) is 0 Å². The van der Waals surface area contributed by atoms with E-state index in [2.05, 4.69) is 0 Å². The summed E-state index contributed by atoms with van der Waals surface area (Å²) in [6, 6.07) is 5.13. The lowest BCUT2D eigenvalue weighted by Crippen LogP contribution is -2.38. The lowest BCUT2D eigenvalue weighted by atomic mass is 10.1. The second-order valence-corrected chi connectivity index (χ2v) is 5.01. The summed E-state index contributed by atoms with van der Waals surface area (Å²) >= 11 is 5.96. The fourth-order valence-corrected chi connectivity index (χ4v) is 2.43. The van der Waals surface area contributed by atoms with E-state index in [4.69, 9.17) is 16.3 Å². The SMILES string of the molecule is O=C(COc1cccc(Cl)c1CO)N1CCCCC1. The summed E-state index contributed by atoms with van der Waals surface area (Å²) in [5, 5.41) is 9.70. The van der Waals surface area contributed by atoms with Gasteiger partial charge in [0.1, 0.15) is 5.75 Å². The Bertz CT molecular complexity index is 444. The highest BCUT2D eigenvalue weighted by Crippen LogP contribution is 2.26. The van der Waals surface area contributed by atoms with Gasteiger partial charge in [-0.3, -0.25) is 4.79 Å². The molecular weight excluding hydrogens is 266 g/mol. The summed E-state index contributed by atoms with van der Waals surface area (Å²) in [6.45, 7) is 1.41. The summed E-state index contributed by atoms with van der Waals surface area (Å²) in [7, 11) is 0. The van der Waals surface area contributed by atoms with Crippen LogP contribution in [0.15, 0.2) is 18.2 Å². The molecule has 0 unspecified atom stereocenters. The number of ether oxygens (including phenoxy) is 1. The smallest absolute Gasteiger partial charge is 0.260 e. The number of aliphatic hydroxyl groups is 1. The summed E-state index contributed by atoms with van der Waals surface area (Å²) in [6.07, 6.45) is 3.31. The van der Waals surface area contributed by atoms with Crippen molar-refractivity contribution in [1.29, 1.82) is 0 Å². The normalized spacial score (nSPS) is 15.4. The maximum atomic E-state index is 12.0. The van der Waals surface area contributed by atoms with E-state index >= 15 is 0 Å². The number of hydrogen-bond acceptors (Lipinski definition) is 3. The number of rotatable bonds is 4. The van der Waals surface area contributed by atoms with Gasteiger partial charge in [0, 0.05) is 23.7 Å². The van der Waals surface area contributed by atoms with Crippen LogP contribution in [0.1, 0.15) is 24.8 Å². The number of halogens is 1. The zero-order valence-corrected chi connectivity index (χ0v) is 11.5. The number of hydrogen-bond donors (Lipinski definition) is 1. The first-order valence-corrected chi connectivity index (χ1v) is 6.89. The van der Waals surface area contributed by atoms with Crippen molar-refractivity contribution in [1.82, 2.24) is 4.90 Å². The first kappa shape index (κ1) is 14.2. The molecule has 0 aromatic heterocycles. The minimum absolute atomic E-state index is 0.00660. The predicted molar refractivity (Wildman–Crippen MR) is 73.3 cm³/mol. The molecule has 1 N–H and O–H groups in total. The predicted octanol–water partition coefficient (Wildman–Crippen LogP) is 2.22. The summed E-state index contributed by atoms with van der Waals surface area (Å²) in [5.74, 6) is 0.462. The van der Waals surface area contributed by atoms with Gasteiger partial charge in [-0.05, 0) is 31.4 Å². The van der Waals surface area contributed by atoms with Gasteiger partial charge in [0.05, 0.1) is 6.61 Å². The Morgan fingerprint density at radius 3 is 2.74 bits per heavy atom. The number of nitrogens with zero attached hydrogens (tertiary/aromatic N) is 1. The van der Waals surface area contributed by atoms with Gasteiger partial charge in [-0.25, -0.2) is 0 Å². The van der Waals surface area contributed by atoms with E-state index in [1.165, 1.54) is 6.42 Å². The molecule has 0 bridgehead atoms. The lowest BCUT2D eigenvalue weighted by Gasteiger charge is -2.26. The molecule has 0 spiro atoms. The maximum absolute atomic E-state index is 12.0. The molecule has 1 fully saturated rings. The molecule has 0 radical (unpaired) electrons. The van der Waals surface area contributed by atoms with Crippen LogP contribution in [0.4, 0.5) is 0 Å². The molecule has 5 heteroatoms. The van der Waals surface area contributed by atoms with Crippen molar-refractivity contribution in [2.24, 2.45) is 0 Å². The molecule has 0 saturated carbocycles. The molecule has 1 aliphatic rings. The van der Waals surface area contributed by atoms with Gasteiger partial charge in [0.2, 0.25) is 0 Å². The number of piperidine rings is 1.